The molecule has 0 saturated carbocycles. The van der Waals surface area contributed by atoms with Gasteiger partial charge in [-0.25, -0.2) is 4.98 Å². The number of nitrogens with one attached hydrogen (secondary N) is 2. The Bertz CT molecular complexity index is 1140. The molecule has 150 valence electrons. The second-order valence-corrected chi connectivity index (χ2v) is 7.43. The van der Waals surface area contributed by atoms with E-state index in [4.69, 9.17) is 27.9 Å². The van der Waals surface area contributed by atoms with Gasteiger partial charge in [0.1, 0.15) is 11.5 Å². The normalized spacial score (nSPS) is 10.7. The minimum Gasteiger partial charge on any atom is -0.456 e. The molecule has 1 heterocycles. The predicted molar refractivity (Wildman–Crippen MR) is 113 cm³/mol. The van der Waals surface area contributed by atoms with Crippen LogP contribution in [-0.2, 0) is 6.54 Å². The molecule has 0 fully saturated rings. The van der Waals surface area contributed by atoms with Gasteiger partial charge in [-0.2, -0.15) is 0 Å². The zero-order chi connectivity index (χ0) is 21.1. The van der Waals surface area contributed by atoms with Crippen molar-refractivity contribution in [2.75, 3.05) is 0 Å². The van der Waals surface area contributed by atoms with Crippen molar-refractivity contribution in [1.82, 2.24) is 15.3 Å². The molecule has 8 heteroatoms. The standard InChI is InChI=1S/C21H19Cl2N3O3/c1-11-8-14(4-6-17(11)29-18-7-5-15(22)9-16(18)23)10-24-20(27)19-21(28)26-13(3)12(2)25-19/h4-9H,10H2,1-3H3,(H,24,27)(H,26,28). The highest BCUT2D eigenvalue weighted by Crippen LogP contribution is 2.33. The molecule has 3 rings (SSSR count). The summed E-state index contributed by atoms with van der Waals surface area (Å²) >= 11 is 12.1. The number of amides is 1. The van der Waals surface area contributed by atoms with E-state index in [2.05, 4.69) is 15.3 Å². The van der Waals surface area contributed by atoms with Crippen LogP contribution in [0.1, 0.15) is 33.0 Å². The Labute approximate surface area is 177 Å². The summed E-state index contributed by atoms with van der Waals surface area (Å²) < 4.78 is 5.85. The summed E-state index contributed by atoms with van der Waals surface area (Å²) in [6.07, 6.45) is 0. The van der Waals surface area contributed by atoms with Crippen LogP contribution in [-0.4, -0.2) is 15.9 Å². The van der Waals surface area contributed by atoms with Gasteiger partial charge >= 0.3 is 0 Å². The summed E-state index contributed by atoms with van der Waals surface area (Å²) in [5, 5.41) is 3.66. The largest absolute Gasteiger partial charge is 0.456 e. The van der Waals surface area contributed by atoms with E-state index in [1.807, 2.05) is 19.1 Å². The van der Waals surface area contributed by atoms with Crippen LogP contribution >= 0.6 is 23.2 Å². The Balaban J connectivity index is 1.70. The van der Waals surface area contributed by atoms with Crippen molar-refractivity contribution in [3.63, 3.8) is 0 Å². The minimum atomic E-state index is -0.528. The molecule has 0 saturated heterocycles. The van der Waals surface area contributed by atoms with Crippen molar-refractivity contribution >= 4 is 29.1 Å². The number of hydrogen-bond donors (Lipinski definition) is 2. The van der Waals surface area contributed by atoms with Crippen LogP contribution in [0.4, 0.5) is 0 Å². The van der Waals surface area contributed by atoms with E-state index in [-0.39, 0.29) is 12.2 Å². The van der Waals surface area contributed by atoms with Gasteiger partial charge in [0.2, 0.25) is 0 Å². The summed E-state index contributed by atoms with van der Waals surface area (Å²) in [6.45, 7) is 5.60. The molecule has 0 radical (unpaired) electrons. The van der Waals surface area contributed by atoms with Crippen molar-refractivity contribution in [1.29, 1.82) is 0 Å². The topological polar surface area (TPSA) is 84.1 Å². The fraction of sp³-hybridized carbons (Fsp3) is 0.190. The molecule has 0 spiro atoms. The molecular formula is C21H19Cl2N3O3. The Morgan fingerprint density at radius 2 is 1.83 bits per heavy atom. The second-order valence-electron chi connectivity index (χ2n) is 6.58. The summed E-state index contributed by atoms with van der Waals surface area (Å²) in [6, 6.07) is 10.5. The molecule has 29 heavy (non-hydrogen) atoms. The highest BCUT2D eigenvalue weighted by molar-refractivity contribution is 6.35. The maximum Gasteiger partial charge on any atom is 0.279 e. The van der Waals surface area contributed by atoms with Crippen LogP contribution < -0.4 is 15.6 Å². The average Bonchev–Trinajstić information content (AvgIpc) is 2.66. The van der Waals surface area contributed by atoms with E-state index in [1.165, 1.54) is 0 Å². The highest BCUT2D eigenvalue weighted by Gasteiger charge is 2.14. The third kappa shape index (κ3) is 4.96. The molecule has 2 N–H and O–H groups in total. The lowest BCUT2D eigenvalue weighted by Crippen LogP contribution is -2.31. The van der Waals surface area contributed by atoms with Crippen LogP contribution in [0.5, 0.6) is 11.5 Å². The molecule has 3 aromatic rings. The summed E-state index contributed by atoms with van der Waals surface area (Å²) in [7, 11) is 0. The van der Waals surface area contributed by atoms with E-state index in [9.17, 15) is 9.59 Å². The van der Waals surface area contributed by atoms with Crippen LogP contribution in [0.2, 0.25) is 10.0 Å². The van der Waals surface area contributed by atoms with Gasteiger partial charge < -0.3 is 15.0 Å². The van der Waals surface area contributed by atoms with Crippen LogP contribution in [0.15, 0.2) is 41.2 Å². The molecule has 1 aromatic heterocycles. The minimum absolute atomic E-state index is 0.151. The first-order valence-electron chi connectivity index (χ1n) is 8.82. The van der Waals surface area contributed by atoms with E-state index in [0.717, 1.165) is 11.1 Å². The Kier molecular flexibility index (Phi) is 6.25. The van der Waals surface area contributed by atoms with Gasteiger partial charge in [-0.1, -0.05) is 35.3 Å². The second kappa shape index (κ2) is 8.68. The number of carbonyl (C=O) groups excluding carboxylic acids is 1. The number of aromatic nitrogens is 2. The number of ether oxygens (including phenoxy) is 1. The average molecular weight is 432 g/mol. The molecule has 0 aliphatic rings. The fourth-order valence-electron chi connectivity index (χ4n) is 2.65. The number of aromatic amines is 1. The molecule has 6 nitrogen and oxygen atoms in total. The maximum absolute atomic E-state index is 12.3. The van der Waals surface area contributed by atoms with Gasteiger partial charge in [-0.3, -0.25) is 9.59 Å². The zero-order valence-electron chi connectivity index (χ0n) is 16.1. The molecule has 0 bridgehead atoms. The number of H-pyrrole nitrogens is 1. The number of halogens is 2. The van der Waals surface area contributed by atoms with Crippen molar-refractivity contribution in [3.8, 4) is 11.5 Å². The predicted octanol–water partition coefficient (Wildman–Crippen LogP) is 4.72. The molecule has 0 atom stereocenters. The van der Waals surface area contributed by atoms with Gasteiger partial charge in [0.05, 0.1) is 10.7 Å². The molecule has 0 aliphatic heterocycles. The number of hydrogen-bond acceptors (Lipinski definition) is 4. The Morgan fingerprint density at radius 1 is 1.10 bits per heavy atom. The molecular weight excluding hydrogens is 413 g/mol. The number of benzene rings is 2. The Hall–Kier alpha value is -2.83. The number of carbonyl (C=O) groups is 1. The lowest BCUT2D eigenvalue weighted by molar-refractivity contribution is 0.0944. The quantitative estimate of drug-likeness (QED) is 0.611. The summed E-state index contributed by atoms with van der Waals surface area (Å²) in [5.41, 5.74) is 2.30. The van der Waals surface area contributed by atoms with Gasteiger partial charge in [-0.15, -0.1) is 0 Å². The van der Waals surface area contributed by atoms with Crippen LogP contribution in [0, 0.1) is 20.8 Å². The summed E-state index contributed by atoms with van der Waals surface area (Å²) in [5.74, 6) is 0.608. The number of nitrogens with zero attached hydrogens (tertiary/aromatic N) is 1. The fourth-order valence-corrected chi connectivity index (χ4v) is 3.10. The van der Waals surface area contributed by atoms with Gasteiger partial charge in [0, 0.05) is 17.3 Å². The lowest BCUT2D eigenvalue weighted by Gasteiger charge is -2.12. The smallest absolute Gasteiger partial charge is 0.279 e. The van der Waals surface area contributed by atoms with E-state index < -0.39 is 11.5 Å². The monoisotopic (exact) mass is 431 g/mol. The lowest BCUT2D eigenvalue weighted by atomic mass is 10.1. The molecule has 1 amide bonds. The number of rotatable bonds is 5. The van der Waals surface area contributed by atoms with E-state index in [1.54, 1.807) is 38.1 Å². The maximum atomic E-state index is 12.3. The highest BCUT2D eigenvalue weighted by atomic mass is 35.5. The first kappa shape index (κ1) is 20.9. The van der Waals surface area contributed by atoms with Gasteiger partial charge in [0.15, 0.2) is 5.69 Å². The summed E-state index contributed by atoms with van der Waals surface area (Å²) in [4.78, 5) is 31.0. The van der Waals surface area contributed by atoms with Gasteiger partial charge in [-0.05, 0) is 56.2 Å². The van der Waals surface area contributed by atoms with Crippen molar-refractivity contribution in [3.05, 3.63) is 85.0 Å². The van der Waals surface area contributed by atoms with Crippen molar-refractivity contribution in [2.45, 2.75) is 27.3 Å². The SMILES string of the molecule is Cc1cc(CNC(=O)c2nc(C)c(C)[nH]c2=O)ccc1Oc1ccc(Cl)cc1Cl. The third-order valence-corrected chi connectivity index (χ3v) is 4.89. The first-order chi connectivity index (χ1) is 13.7. The Morgan fingerprint density at radius 3 is 2.52 bits per heavy atom. The van der Waals surface area contributed by atoms with Gasteiger partial charge in [0.25, 0.3) is 11.5 Å². The van der Waals surface area contributed by atoms with Crippen molar-refractivity contribution < 1.29 is 9.53 Å². The molecule has 2 aromatic carbocycles. The molecule has 0 unspecified atom stereocenters. The van der Waals surface area contributed by atoms with E-state index >= 15 is 0 Å². The molecule has 0 aliphatic carbocycles. The zero-order valence-corrected chi connectivity index (χ0v) is 17.6. The number of aryl methyl sites for hydroxylation is 3. The van der Waals surface area contributed by atoms with Crippen LogP contribution in [0.25, 0.3) is 0 Å². The van der Waals surface area contributed by atoms with E-state index in [0.29, 0.717) is 32.9 Å². The first-order valence-corrected chi connectivity index (χ1v) is 9.58. The van der Waals surface area contributed by atoms with Crippen molar-refractivity contribution in [2.24, 2.45) is 0 Å². The third-order valence-electron chi connectivity index (χ3n) is 4.36. The van der Waals surface area contributed by atoms with Crippen LogP contribution in [0.3, 0.4) is 0 Å².